The second kappa shape index (κ2) is 5.50. The van der Waals surface area contributed by atoms with Crippen LogP contribution >= 0.6 is 11.6 Å². The van der Waals surface area contributed by atoms with Crippen LogP contribution in [0, 0.1) is 11.6 Å². The lowest BCUT2D eigenvalue weighted by atomic mass is 10.1. The Morgan fingerprint density at radius 3 is 2.41 bits per heavy atom. The Morgan fingerprint density at radius 1 is 1.14 bits per heavy atom. The zero-order valence-electron chi connectivity index (χ0n) is 11.6. The molecule has 0 radical (unpaired) electrons. The van der Waals surface area contributed by atoms with Gasteiger partial charge in [-0.2, -0.15) is 0 Å². The molecule has 3 nitrogen and oxygen atoms in total. The van der Waals surface area contributed by atoms with Gasteiger partial charge in [0.15, 0.2) is 11.6 Å². The van der Waals surface area contributed by atoms with Crippen molar-refractivity contribution in [2.24, 2.45) is 0 Å². The number of hydrogen-bond acceptors (Lipinski definition) is 2. The molecule has 3 aromatic rings. The van der Waals surface area contributed by atoms with Gasteiger partial charge in [-0.1, -0.05) is 23.7 Å². The Kier molecular flexibility index (Phi) is 3.66. The minimum Gasteiger partial charge on any atom is -0.305 e. The van der Waals surface area contributed by atoms with Crippen molar-refractivity contribution in [3.8, 4) is 11.3 Å². The SMILES string of the molecule is CCn1c(=O)c(-c2ccc(Cl)cc2)nc2cc(F)c(F)cc21. The van der Waals surface area contributed by atoms with E-state index in [1.165, 1.54) is 4.57 Å². The third kappa shape index (κ3) is 2.37. The topological polar surface area (TPSA) is 34.9 Å². The molecule has 0 aliphatic heterocycles. The molecule has 112 valence electrons. The van der Waals surface area contributed by atoms with Crippen LogP contribution in [-0.4, -0.2) is 9.55 Å². The molecule has 0 fully saturated rings. The average Bonchev–Trinajstić information content (AvgIpc) is 2.50. The highest BCUT2D eigenvalue weighted by Crippen LogP contribution is 2.21. The van der Waals surface area contributed by atoms with Crippen molar-refractivity contribution in [1.29, 1.82) is 0 Å². The van der Waals surface area contributed by atoms with E-state index in [-0.39, 0.29) is 22.3 Å². The summed E-state index contributed by atoms with van der Waals surface area (Å²) in [6.07, 6.45) is 0. The van der Waals surface area contributed by atoms with Gasteiger partial charge in [0.05, 0.1) is 11.0 Å². The number of aryl methyl sites for hydroxylation is 1. The Morgan fingerprint density at radius 2 is 1.77 bits per heavy atom. The first-order chi connectivity index (χ1) is 10.5. The molecular formula is C16H11ClF2N2O. The molecule has 0 aliphatic carbocycles. The predicted octanol–water partition coefficient (Wildman–Crippen LogP) is 4.02. The fourth-order valence-electron chi connectivity index (χ4n) is 2.35. The van der Waals surface area contributed by atoms with Crippen LogP contribution < -0.4 is 5.56 Å². The second-order valence-electron chi connectivity index (χ2n) is 4.77. The Balaban J connectivity index is 2.37. The molecule has 0 saturated heterocycles. The Hall–Kier alpha value is -2.27. The molecule has 22 heavy (non-hydrogen) atoms. The summed E-state index contributed by atoms with van der Waals surface area (Å²) in [6, 6.07) is 8.60. The minimum atomic E-state index is -1.00. The smallest absolute Gasteiger partial charge is 0.277 e. The molecule has 0 aliphatic rings. The van der Waals surface area contributed by atoms with Crippen LogP contribution in [-0.2, 0) is 6.54 Å². The van der Waals surface area contributed by atoms with Gasteiger partial charge >= 0.3 is 0 Å². The Bertz CT molecular complexity index is 920. The summed E-state index contributed by atoms with van der Waals surface area (Å²) in [5, 5.41) is 0.536. The van der Waals surface area contributed by atoms with Crippen LogP contribution in [0.1, 0.15) is 6.92 Å². The maximum absolute atomic E-state index is 13.5. The first-order valence-electron chi connectivity index (χ1n) is 6.66. The largest absolute Gasteiger partial charge is 0.305 e. The summed E-state index contributed by atoms with van der Waals surface area (Å²) < 4.78 is 28.3. The summed E-state index contributed by atoms with van der Waals surface area (Å²) >= 11 is 5.84. The van der Waals surface area contributed by atoms with E-state index in [9.17, 15) is 13.6 Å². The van der Waals surface area contributed by atoms with Crippen LogP contribution in [0.5, 0.6) is 0 Å². The molecule has 0 atom stereocenters. The molecule has 0 bridgehead atoms. The fraction of sp³-hybridized carbons (Fsp3) is 0.125. The van der Waals surface area contributed by atoms with Crippen molar-refractivity contribution < 1.29 is 8.78 Å². The van der Waals surface area contributed by atoms with Gasteiger partial charge in [-0.25, -0.2) is 13.8 Å². The van der Waals surface area contributed by atoms with Gasteiger partial charge in [0.2, 0.25) is 0 Å². The van der Waals surface area contributed by atoms with E-state index in [1.54, 1.807) is 31.2 Å². The fourth-order valence-corrected chi connectivity index (χ4v) is 2.47. The zero-order valence-corrected chi connectivity index (χ0v) is 12.4. The van der Waals surface area contributed by atoms with Crippen LogP contribution in [0.4, 0.5) is 8.78 Å². The van der Waals surface area contributed by atoms with Crippen LogP contribution in [0.3, 0.4) is 0 Å². The van der Waals surface area contributed by atoms with Crippen LogP contribution in [0.25, 0.3) is 22.3 Å². The molecule has 6 heteroatoms. The van der Waals surface area contributed by atoms with Crippen molar-refractivity contribution in [2.45, 2.75) is 13.5 Å². The Labute approximate surface area is 129 Å². The third-order valence-corrected chi connectivity index (χ3v) is 3.67. The molecule has 0 spiro atoms. The van der Waals surface area contributed by atoms with E-state index in [1.807, 2.05) is 0 Å². The number of hydrogen-bond donors (Lipinski definition) is 0. The van der Waals surface area contributed by atoms with E-state index in [2.05, 4.69) is 4.98 Å². The lowest BCUT2D eigenvalue weighted by Crippen LogP contribution is -2.23. The normalized spacial score (nSPS) is 11.1. The van der Waals surface area contributed by atoms with Crippen molar-refractivity contribution in [3.05, 3.63) is 63.4 Å². The van der Waals surface area contributed by atoms with Gasteiger partial charge < -0.3 is 4.57 Å². The number of aromatic nitrogens is 2. The molecule has 3 rings (SSSR count). The van der Waals surface area contributed by atoms with E-state index >= 15 is 0 Å². The van der Waals surface area contributed by atoms with Crippen molar-refractivity contribution >= 4 is 22.6 Å². The van der Waals surface area contributed by atoms with Crippen molar-refractivity contribution in [2.75, 3.05) is 0 Å². The van der Waals surface area contributed by atoms with Gasteiger partial charge in [-0.05, 0) is 19.1 Å². The molecule has 1 aromatic heterocycles. The number of benzene rings is 2. The summed E-state index contributed by atoms with van der Waals surface area (Å²) in [6.45, 7) is 2.08. The number of fused-ring (bicyclic) bond motifs is 1. The molecule has 0 saturated carbocycles. The highest BCUT2D eigenvalue weighted by molar-refractivity contribution is 6.30. The molecule has 0 amide bonds. The monoisotopic (exact) mass is 320 g/mol. The van der Waals surface area contributed by atoms with Gasteiger partial charge in [0.25, 0.3) is 5.56 Å². The maximum atomic E-state index is 13.5. The van der Waals surface area contributed by atoms with Crippen LogP contribution in [0.2, 0.25) is 5.02 Å². The zero-order chi connectivity index (χ0) is 15.9. The van der Waals surface area contributed by atoms with Crippen LogP contribution in [0.15, 0.2) is 41.2 Å². The molecule has 2 aromatic carbocycles. The molecular weight excluding hydrogens is 310 g/mol. The van der Waals surface area contributed by atoms with Gasteiger partial charge in [-0.15, -0.1) is 0 Å². The molecule has 0 unspecified atom stereocenters. The van der Waals surface area contributed by atoms with Gasteiger partial charge in [0.1, 0.15) is 5.69 Å². The van der Waals surface area contributed by atoms with Crippen molar-refractivity contribution in [1.82, 2.24) is 9.55 Å². The summed E-state index contributed by atoms with van der Waals surface area (Å²) in [5.74, 6) is -2.00. The standard InChI is InChI=1S/C16H11ClF2N2O/c1-2-21-14-8-12(19)11(18)7-13(14)20-15(16(21)22)9-3-5-10(17)6-4-9/h3-8H,2H2,1H3. The van der Waals surface area contributed by atoms with E-state index in [0.717, 1.165) is 12.1 Å². The van der Waals surface area contributed by atoms with Gasteiger partial charge in [0, 0.05) is 29.3 Å². The highest BCUT2D eigenvalue weighted by atomic mass is 35.5. The summed E-state index contributed by atoms with van der Waals surface area (Å²) in [4.78, 5) is 16.7. The average molecular weight is 321 g/mol. The number of nitrogens with zero attached hydrogens (tertiary/aromatic N) is 2. The van der Waals surface area contributed by atoms with E-state index in [0.29, 0.717) is 17.1 Å². The van der Waals surface area contributed by atoms with Crippen molar-refractivity contribution in [3.63, 3.8) is 0 Å². The van der Waals surface area contributed by atoms with E-state index in [4.69, 9.17) is 11.6 Å². The molecule has 0 N–H and O–H groups in total. The summed E-state index contributed by atoms with van der Waals surface area (Å²) in [5.41, 5.74) is 0.887. The highest BCUT2D eigenvalue weighted by Gasteiger charge is 2.14. The first kappa shape index (κ1) is 14.7. The quantitative estimate of drug-likeness (QED) is 0.715. The lowest BCUT2D eigenvalue weighted by molar-refractivity contribution is 0.509. The van der Waals surface area contributed by atoms with E-state index < -0.39 is 11.6 Å². The maximum Gasteiger partial charge on any atom is 0.277 e. The summed E-state index contributed by atoms with van der Waals surface area (Å²) in [7, 11) is 0. The number of rotatable bonds is 2. The van der Waals surface area contributed by atoms with Gasteiger partial charge in [-0.3, -0.25) is 4.79 Å². The predicted molar refractivity (Wildman–Crippen MR) is 82.0 cm³/mol. The minimum absolute atomic E-state index is 0.178. The molecule has 1 heterocycles. The second-order valence-corrected chi connectivity index (χ2v) is 5.21. The first-order valence-corrected chi connectivity index (χ1v) is 7.04. The number of halogens is 3. The lowest BCUT2D eigenvalue weighted by Gasteiger charge is -2.11. The third-order valence-electron chi connectivity index (χ3n) is 3.42.